The van der Waals surface area contributed by atoms with Gasteiger partial charge in [-0.2, -0.15) is 0 Å². The normalized spacial score (nSPS) is 22.5. The zero-order valence-electron chi connectivity index (χ0n) is 17.7. The average Bonchev–Trinajstić information content (AvgIpc) is 3.03. The molecule has 0 aliphatic heterocycles. The first kappa shape index (κ1) is 20.6. The van der Waals surface area contributed by atoms with Gasteiger partial charge in [-0.3, -0.25) is 4.79 Å². The fraction of sp³-hybridized carbons (Fsp3) is 0.565. The number of benzene rings is 1. The number of ether oxygens (including phenoxy) is 1. The molecule has 3 rings (SSSR count). The van der Waals surface area contributed by atoms with Gasteiger partial charge in [-0.25, -0.2) is 4.98 Å². The summed E-state index contributed by atoms with van der Waals surface area (Å²) >= 11 is 0. The maximum atomic E-state index is 11.8. The Bertz CT molecular complexity index is 853. The zero-order chi connectivity index (χ0) is 20.3. The Labute approximate surface area is 168 Å². The van der Waals surface area contributed by atoms with Crippen molar-refractivity contribution in [3.8, 4) is 0 Å². The van der Waals surface area contributed by atoms with Crippen molar-refractivity contribution in [2.45, 2.75) is 40.5 Å². The van der Waals surface area contributed by atoms with Gasteiger partial charge in [0, 0.05) is 20.1 Å². The number of rotatable bonds is 7. The maximum Gasteiger partial charge on any atom is 0.246 e. The van der Waals surface area contributed by atoms with Crippen LogP contribution in [0.1, 0.15) is 38.6 Å². The molecule has 0 saturated carbocycles. The van der Waals surface area contributed by atoms with Crippen molar-refractivity contribution < 1.29 is 9.53 Å². The van der Waals surface area contributed by atoms with Crippen LogP contribution in [0.15, 0.2) is 29.8 Å². The summed E-state index contributed by atoms with van der Waals surface area (Å²) in [7, 11) is 1.55. The van der Waals surface area contributed by atoms with Crippen LogP contribution in [0.5, 0.6) is 0 Å². The van der Waals surface area contributed by atoms with E-state index in [1.807, 2.05) is 0 Å². The first-order valence-corrected chi connectivity index (χ1v) is 10.3. The highest BCUT2D eigenvalue weighted by Crippen LogP contribution is 2.38. The van der Waals surface area contributed by atoms with Gasteiger partial charge in [0.25, 0.3) is 0 Å². The molecule has 0 spiro atoms. The summed E-state index contributed by atoms with van der Waals surface area (Å²) in [5.41, 5.74) is 4.80. The Hall–Kier alpha value is -2.14. The molecule has 3 atom stereocenters. The predicted octanol–water partition coefficient (Wildman–Crippen LogP) is 4.03. The minimum Gasteiger partial charge on any atom is -0.375 e. The Balaban J connectivity index is 1.73. The first-order chi connectivity index (χ1) is 13.4. The molecule has 1 aliphatic carbocycles. The van der Waals surface area contributed by atoms with E-state index in [9.17, 15) is 4.79 Å². The number of allylic oxidation sites excluding steroid dienone is 1. The van der Waals surface area contributed by atoms with E-state index < -0.39 is 0 Å². The molecule has 0 saturated heterocycles. The molecule has 3 unspecified atom stereocenters. The number of fused-ring (bicyclic) bond motifs is 1. The summed E-state index contributed by atoms with van der Waals surface area (Å²) in [4.78, 5) is 20.1. The molecule has 0 radical (unpaired) electrons. The van der Waals surface area contributed by atoms with Gasteiger partial charge in [0.1, 0.15) is 12.4 Å². The third kappa shape index (κ3) is 4.82. The van der Waals surface area contributed by atoms with Gasteiger partial charge >= 0.3 is 0 Å². The quantitative estimate of drug-likeness (QED) is 0.710. The molecule has 2 N–H and O–H groups in total. The molecule has 0 fully saturated rings. The second-order valence-electron chi connectivity index (χ2n) is 8.56. The fourth-order valence-electron chi connectivity index (χ4n) is 4.43. The van der Waals surface area contributed by atoms with Crippen LogP contribution < -0.4 is 5.32 Å². The number of methoxy groups -OCH3 is 1. The van der Waals surface area contributed by atoms with Crippen molar-refractivity contribution in [1.82, 2.24) is 15.3 Å². The van der Waals surface area contributed by atoms with Crippen molar-refractivity contribution in [2.24, 2.45) is 23.7 Å². The summed E-state index contributed by atoms with van der Waals surface area (Å²) in [6.07, 6.45) is 4.43. The van der Waals surface area contributed by atoms with E-state index in [4.69, 9.17) is 9.72 Å². The standard InChI is InChI=1S/C23H33N3O2/c1-14(2)19-10-17(16(4)9-18(19)12-24-23(27)13-28-5)11-22-25-20-7-6-15(3)8-21(20)26-22/h6-9,14,17-19H,10-13H2,1-5H3,(H,24,27)(H,25,26). The number of aromatic amines is 1. The van der Waals surface area contributed by atoms with Crippen LogP contribution >= 0.6 is 0 Å². The van der Waals surface area contributed by atoms with Crippen molar-refractivity contribution in [1.29, 1.82) is 0 Å². The molecule has 28 heavy (non-hydrogen) atoms. The molecule has 1 aromatic heterocycles. The van der Waals surface area contributed by atoms with E-state index in [1.54, 1.807) is 7.11 Å². The molecule has 1 aliphatic rings. The van der Waals surface area contributed by atoms with Crippen LogP contribution in [-0.2, 0) is 16.0 Å². The third-order valence-corrected chi connectivity index (χ3v) is 6.02. The summed E-state index contributed by atoms with van der Waals surface area (Å²) in [6, 6.07) is 6.35. The Morgan fingerprint density at radius 3 is 2.86 bits per heavy atom. The highest BCUT2D eigenvalue weighted by atomic mass is 16.5. The number of H-pyrrole nitrogens is 1. The van der Waals surface area contributed by atoms with Crippen LogP contribution in [0.25, 0.3) is 11.0 Å². The maximum absolute atomic E-state index is 11.8. The molecule has 1 aromatic carbocycles. The number of aryl methyl sites for hydroxylation is 1. The molecule has 1 heterocycles. The topological polar surface area (TPSA) is 67.0 Å². The highest BCUT2D eigenvalue weighted by molar-refractivity contribution is 5.77. The summed E-state index contributed by atoms with van der Waals surface area (Å²) in [5.74, 6) is 2.98. The second kappa shape index (κ2) is 8.91. The van der Waals surface area contributed by atoms with Crippen LogP contribution in [0.3, 0.4) is 0 Å². The monoisotopic (exact) mass is 383 g/mol. The number of imidazole rings is 1. The molecular weight excluding hydrogens is 350 g/mol. The van der Waals surface area contributed by atoms with Gasteiger partial charge in [-0.15, -0.1) is 0 Å². The van der Waals surface area contributed by atoms with Crippen LogP contribution in [0.4, 0.5) is 0 Å². The Kier molecular flexibility index (Phi) is 6.55. The molecule has 2 aromatic rings. The number of hydrogen-bond acceptors (Lipinski definition) is 3. The van der Waals surface area contributed by atoms with E-state index in [-0.39, 0.29) is 12.5 Å². The zero-order valence-corrected chi connectivity index (χ0v) is 17.7. The second-order valence-corrected chi connectivity index (χ2v) is 8.56. The summed E-state index contributed by atoms with van der Waals surface area (Å²) in [6.45, 7) is 9.69. The van der Waals surface area contributed by atoms with Gasteiger partial charge in [0.05, 0.1) is 11.0 Å². The smallest absolute Gasteiger partial charge is 0.246 e. The van der Waals surface area contributed by atoms with Crippen molar-refractivity contribution in [3.05, 3.63) is 41.2 Å². The highest BCUT2D eigenvalue weighted by Gasteiger charge is 2.32. The number of nitrogens with one attached hydrogen (secondary N) is 2. The third-order valence-electron chi connectivity index (χ3n) is 6.02. The van der Waals surface area contributed by atoms with E-state index in [0.717, 1.165) is 29.7 Å². The van der Waals surface area contributed by atoms with Crippen molar-refractivity contribution in [2.75, 3.05) is 20.3 Å². The fourth-order valence-corrected chi connectivity index (χ4v) is 4.43. The summed E-state index contributed by atoms with van der Waals surface area (Å²) < 4.78 is 4.92. The van der Waals surface area contributed by atoms with Gasteiger partial charge in [-0.05, 0) is 61.6 Å². The first-order valence-electron chi connectivity index (χ1n) is 10.3. The van der Waals surface area contributed by atoms with Crippen LogP contribution in [-0.4, -0.2) is 36.1 Å². The van der Waals surface area contributed by atoms with E-state index in [1.165, 1.54) is 11.1 Å². The molecule has 1 amide bonds. The van der Waals surface area contributed by atoms with Gasteiger partial charge < -0.3 is 15.0 Å². The SMILES string of the molecule is COCC(=O)NCC1C=C(C)C(Cc2nc3ccc(C)cc3[nH]2)CC1C(C)C. The van der Waals surface area contributed by atoms with Crippen LogP contribution in [0, 0.1) is 30.6 Å². The largest absolute Gasteiger partial charge is 0.375 e. The molecular formula is C23H33N3O2. The van der Waals surface area contributed by atoms with Gasteiger partial charge in [0.2, 0.25) is 5.91 Å². The molecule has 0 bridgehead atoms. The average molecular weight is 384 g/mol. The lowest BCUT2D eigenvalue weighted by molar-refractivity contribution is -0.124. The molecule has 5 nitrogen and oxygen atoms in total. The van der Waals surface area contributed by atoms with E-state index in [0.29, 0.717) is 30.2 Å². The minimum absolute atomic E-state index is 0.0456. The van der Waals surface area contributed by atoms with Gasteiger partial charge in [0.15, 0.2) is 0 Å². The Morgan fingerprint density at radius 1 is 1.36 bits per heavy atom. The number of carbonyl (C=O) groups excluding carboxylic acids is 1. The Morgan fingerprint density at radius 2 is 2.14 bits per heavy atom. The number of nitrogens with zero attached hydrogens (tertiary/aromatic N) is 1. The number of carbonyl (C=O) groups is 1. The predicted molar refractivity (Wildman–Crippen MR) is 113 cm³/mol. The van der Waals surface area contributed by atoms with Crippen LogP contribution in [0.2, 0.25) is 0 Å². The van der Waals surface area contributed by atoms with E-state index >= 15 is 0 Å². The minimum atomic E-state index is -0.0456. The molecule has 5 heteroatoms. The summed E-state index contributed by atoms with van der Waals surface area (Å²) in [5, 5.41) is 3.02. The lowest BCUT2D eigenvalue weighted by atomic mass is 9.70. The number of hydrogen-bond donors (Lipinski definition) is 2. The van der Waals surface area contributed by atoms with E-state index in [2.05, 4.69) is 62.3 Å². The lowest BCUT2D eigenvalue weighted by Crippen LogP contribution is -2.38. The number of amides is 1. The lowest BCUT2D eigenvalue weighted by Gasteiger charge is -2.37. The number of aromatic nitrogens is 2. The van der Waals surface area contributed by atoms with Crippen molar-refractivity contribution >= 4 is 16.9 Å². The van der Waals surface area contributed by atoms with Gasteiger partial charge in [-0.1, -0.05) is 31.6 Å². The molecule has 152 valence electrons. The van der Waals surface area contributed by atoms with Crippen molar-refractivity contribution in [3.63, 3.8) is 0 Å².